The highest BCUT2D eigenvalue weighted by atomic mass is 19.1. The number of hydrogen-bond acceptors (Lipinski definition) is 2. The molecule has 0 spiro atoms. The van der Waals surface area contributed by atoms with E-state index in [4.69, 9.17) is 5.26 Å². The fourth-order valence-corrected chi connectivity index (χ4v) is 1.15. The van der Waals surface area contributed by atoms with Crippen molar-refractivity contribution in [3.05, 3.63) is 41.2 Å². The Morgan fingerprint density at radius 1 is 1.53 bits per heavy atom. The lowest BCUT2D eigenvalue weighted by Crippen LogP contribution is -2.11. The van der Waals surface area contributed by atoms with Gasteiger partial charge in [-0.15, -0.1) is 0 Å². The minimum absolute atomic E-state index is 0.0839. The maximum absolute atomic E-state index is 13.0. The molecule has 0 aliphatic rings. The van der Waals surface area contributed by atoms with E-state index in [1.54, 1.807) is 6.07 Å². The highest BCUT2D eigenvalue weighted by Gasteiger charge is 1.99. The van der Waals surface area contributed by atoms with Crippen LogP contribution in [0.4, 0.5) is 4.39 Å². The summed E-state index contributed by atoms with van der Waals surface area (Å²) >= 11 is 0. The first-order chi connectivity index (χ1) is 7.27. The monoisotopic (exact) mass is 204 g/mol. The minimum Gasteiger partial charge on any atom is -0.314 e. The zero-order valence-electron chi connectivity index (χ0n) is 8.63. The fraction of sp³-hybridized carbons (Fsp3) is 0.250. The summed E-state index contributed by atoms with van der Waals surface area (Å²) in [6.07, 6.45) is 3.81. The molecular formula is C12H13FN2. The predicted molar refractivity (Wildman–Crippen MR) is 58.7 cm³/mol. The Morgan fingerprint density at radius 3 is 3.00 bits per heavy atom. The maximum atomic E-state index is 13.0. The van der Waals surface area contributed by atoms with Crippen LogP contribution in [-0.2, 0) is 0 Å². The van der Waals surface area contributed by atoms with Gasteiger partial charge in [-0.3, -0.25) is 0 Å². The number of nitrogens with one attached hydrogen (secondary N) is 1. The molecule has 0 aliphatic heterocycles. The molecule has 0 fully saturated rings. The van der Waals surface area contributed by atoms with E-state index in [1.165, 1.54) is 12.1 Å². The summed E-state index contributed by atoms with van der Waals surface area (Å²) < 4.78 is 13.0. The maximum Gasteiger partial charge on any atom is 0.140 e. The average molecular weight is 204 g/mol. The standard InChI is InChI=1S/C12H13FN2/c1-2-15-7-3-4-10-5-6-12(13)11(8-10)9-14/h3-6,8,15H,2,7H2,1H3/b4-3+. The SMILES string of the molecule is CCNC/C=C/c1ccc(F)c(C#N)c1. The van der Waals surface area contributed by atoms with E-state index in [0.717, 1.165) is 18.7 Å². The molecule has 1 rings (SSSR count). The number of benzene rings is 1. The Labute approximate surface area is 89.0 Å². The van der Waals surface area contributed by atoms with E-state index >= 15 is 0 Å². The second-order valence-corrected chi connectivity index (χ2v) is 3.06. The molecule has 0 saturated heterocycles. The molecule has 3 heteroatoms. The van der Waals surface area contributed by atoms with Crippen molar-refractivity contribution < 1.29 is 4.39 Å². The van der Waals surface area contributed by atoms with E-state index in [9.17, 15) is 4.39 Å². The largest absolute Gasteiger partial charge is 0.314 e. The van der Waals surface area contributed by atoms with Gasteiger partial charge in [0, 0.05) is 6.54 Å². The van der Waals surface area contributed by atoms with Gasteiger partial charge >= 0.3 is 0 Å². The summed E-state index contributed by atoms with van der Waals surface area (Å²) in [6.45, 7) is 3.71. The van der Waals surface area contributed by atoms with Gasteiger partial charge in [0.1, 0.15) is 11.9 Å². The van der Waals surface area contributed by atoms with Crippen LogP contribution in [-0.4, -0.2) is 13.1 Å². The van der Waals surface area contributed by atoms with Crippen LogP contribution >= 0.6 is 0 Å². The van der Waals surface area contributed by atoms with Crippen molar-refractivity contribution in [2.75, 3.05) is 13.1 Å². The first kappa shape index (κ1) is 11.4. The molecule has 1 aromatic carbocycles. The van der Waals surface area contributed by atoms with Crippen LogP contribution in [0.5, 0.6) is 0 Å². The molecule has 0 aromatic heterocycles. The summed E-state index contributed by atoms with van der Waals surface area (Å²) in [4.78, 5) is 0. The van der Waals surface area contributed by atoms with Crippen molar-refractivity contribution in [2.24, 2.45) is 0 Å². The molecule has 0 heterocycles. The van der Waals surface area contributed by atoms with Crippen LogP contribution in [0, 0.1) is 17.1 Å². The molecular weight excluding hydrogens is 191 g/mol. The molecule has 78 valence electrons. The molecule has 0 bridgehead atoms. The predicted octanol–water partition coefficient (Wildman–Crippen LogP) is 2.32. The van der Waals surface area contributed by atoms with Crippen LogP contribution in [0.2, 0.25) is 0 Å². The molecule has 0 aliphatic carbocycles. The smallest absolute Gasteiger partial charge is 0.140 e. The Morgan fingerprint density at radius 2 is 2.33 bits per heavy atom. The number of halogens is 1. The summed E-state index contributed by atoms with van der Waals surface area (Å²) in [5.41, 5.74) is 0.923. The van der Waals surface area contributed by atoms with Gasteiger partial charge in [-0.05, 0) is 24.2 Å². The summed E-state index contributed by atoms with van der Waals surface area (Å²) in [5, 5.41) is 11.8. The van der Waals surface area contributed by atoms with Crippen molar-refractivity contribution in [1.82, 2.24) is 5.32 Å². The fourth-order valence-electron chi connectivity index (χ4n) is 1.15. The highest BCUT2D eigenvalue weighted by Crippen LogP contribution is 2.10. The number of likely N-dealkylation sites (N-methyl/N-ethyl adjacent to an activating group) is 1. The lowest BCUT2D eigenvalue weighted by atomic mass is 10.1. The number of rotatable bonds is 4. The zero-order valence-corrected chi connectivity index (χ0v) is 8.63. The molecule has 0 radical (unpaired) electrons. The van der Waals surface area contributed by atoms with Crippen molar-refractivity contribution in [2.45, 2.75) is 6.92 Å². The van der Waals surface area contributed by atoms with Gasteiger partial charge in [0.25, 0.3) is 0 Å². The van der Waals surface area contributed by atoms with Crippen molar-refractivity contribution in [3.63, 3.8) is 0 Å². The normalized spacial score (nSPS) is 10.5. The quantitative estimate of drug-likeness (QED) is 0.764. The van der Waals surface area contributed by atoms with Gasteiger partial charge < -0.3 is 5.32 Å². The van der Waals surface area contributed by atoms with Crippen molar-refractivity contribution in [1.29, 1.82) is 5.26 Å². The molecule has 2 nitrogen and oxygen atoms in total. The van der Waals surface area contributed by atoms with E-state index in [0.29, 0.717) is 0 Å². The van der Waals surface area contributed by atoms with Crippen LogP contribution in [0.25, 0.3) is 6.08 Å². The summed E-state index contributed by atoms with van der Waals surface area (Å²) in [6, 6.07) is 6.31. The average Bonchev–Trinajstić information content (AvgIpc) is 2.26. The first-order valence-corrected chi connectivity index (χ1v) is 4.85. The Balaban J connectivity index is 2.71. The van der Waals surface area contributed by atoms with Crippen LogP contribution in [0.1, 0.15) is 18.1 Å². The van der Waals surface area contributed by atoms with E-state index in [2.05, 4.69) is 5.32 Å². The molecule has 0 unspecified atom stereocenters. The molecule has 1 N–H and O–H groups in total. The van der Waals surface area contributed by atoms with Gasteiger partial charge in [0.15, 0.2) is 0 Å². The van der Waals surface area contributed by atoms with Crippen LogP contribution < -0.4 is 5.32 Å². The lowest BCUT2D eigenvalue weighted by molar-refractivity contribution is 0.624. The van der Waals surface area contributed by atoms with Crippen LogP contribution in [0.3, 0.4) is 0 Å². The molecule has 15 heavy (non-hydrogen) atoms. The summed E-state index contributed by atoms with van der Waals surface area (Å²) in [7, 11) is 0. The molecule has 0 amide bonds. The number of hydrogen-bond donors (Lipinski definition) is 1. The van der Waals surface area contributed by atoms with Gasteiger partial charge in [-0.1, -0.05) is 25.1 Å². The van der Waals surface area contributed by atoms with E-state index < -0.39 is 5.82 Å². The van der Waals surface area contributed by atoms with E-state index in [-0.39, 0.29) is 5.56 Å². The highest BCUT2D eigenvalue weighted by molar-refractivity contribution is 5.52. The van der Waals surface area contributed by atoms with E-state index in [1.807, 2.05) is 25.1 Å². The Hall–Kier alpha value is -1.66. The summed E-state index contributed by atoms with van der Waals surface area (Å²) in [5.74, 6) is -0.471. The Kier molecular flexibility index (Phi) is 4.52. The Bertz CT molecular complexity index is 391. The second kappa shape index (κ2) is 5.94. The third kappa shape index (κ3) is 3.53. The lowest BCUT2D eigenvalue weighted by Gasteiger charge is -1.97. The number of nitriles is 1. The van der Waals surface area contributed by atoms with Crippen molar-refractivity contribution in [3.8, 4) is 6.07 Å². The third-order valence-corrected chi connectivity index (χ3v) is 1.93. The molecule has 0 atom stereocenters. The first-order valence-electron chi connectivity index (χ1n) is 4.85. The topological polar surface area (TPSA) is 35.8 Å². The zero-order chi connectivity index (χ0) is 11.1. The van der Waals surface area contributed by atoms with Crippen molar-refractivity contribution >= 4 is 6.08 Å². The van der Waals surface area contributed by atoms with Gasteiger partial charge in [-0.2, -0.15) is 5.26 Å². The second-order valence-electron chi connectivity index (χ2n) is 3.06. The number of nitrogens with zero attached hydrogens (tertiary/aromatic N) is 1. The van der Waals surface area contributed by atoms with Gasteiger partial charge in [0.2, 0.25) is 0 Å². The van der Waals surface area contributed by atoms with Gasteiger partial charge in [-0.25, -0.2) is 4.39 Å². The third-order valence-electron chi connectivity index (χ3n) is 1.93. The van der Waals surface area contributed by atoms with Crippen LogP contribution in [0.15, 0.2) is 24.3 Å². The molecule has 1 aromatic rings. The van der Waals surface area contributed by atoms with Gasteiger partial charge in [0.05, 0.1) is 5.56 Å². The molecule has 0 saturated carbocycles. The minimum atomic E-state index is -0.471.